The molecule has 0 saturated heterocycles. The van der Waals surface area contributed by atoms with Crippen molar-refractivity contribution in [2.45, 2.75) is 12.2 Å². The second-order valence-electron chi connectivity index (χ2n) is 6.30. The predicted molar refractivity (Wildman–Crippen MR) is 117 cm³/mol. The first-order valence-electron chi connectivity index (χ1n) is 8.68. The van der Waals surface area contributed by atoms with Crippen molar-refractivity contribution < 1.29 is 23.1 Å². The molecule has 0 bridgehead atoms. The molecule has 0 amide bonds. The van der Waals surface area contributed by atoms with E-state index in [4.69, 9.17) is 9.84 Å². The topological polar surface area (TPSA) is 80.7 Å². The maximum atomic E-state index is 11.6. The molecule has 0 heterocycles. The normalized spacial score (nSPS) is 10.6. The lowest BCUT2D eigenvalue weighted by atomic mass is 10.1. The highest BCUT2D eigenvalue weighted by atomic mass is 79.9. The average molecular weight is 477 g/mol. The van der Waals surface area contributed by atoms with Crippen molar-refractivity contribution in [1.29, 1.82) is 0 Å². The first-order valence-corrected chi connectivity index (χ1v) is 11.5. The lowest BCUT2D eigenvalue weighted by Gasteiger charge is -2.12. The van der Waals surface area contributed by atoms with Gasteiger partial charge in [0.25, 0.3) is 0 Å². The second kappa shape index (κ2) is 10.8. The Labute approximate surface area is 179 Å². The fourth-order valence-corrected chi connectivity index (χ4v) is 3.65. The van der Waals surface area contributed by atoms with Crippen LogP contribution in [0, 0.1) is 0 Å². The van der Waals surface area contributed by atoms with Gasteiger partial charge in [-0.1, -0.05) is 64.5 Å². The monoisotopic (exact) mass is 476 g/mol. The summed E-state index contributed by atoms with van der Waals surface area (Å²) in [5, 5.41) is 8.84. The van der Waals surface area contributed by atoms with Gasteiger partial charge in [0.15, 0.2) is 9.84 Å². The molecule has 0 aliphatic heterocycles. The maximum Gasteiger partial charge on any atom is 0.307 e. The number of rotatable bonds is 6. The Kier molecular flexibility index (Phi) is 8.42. The van der Waals surface area contributed by atoms with Crippen LogP contribution in [-0.4, -0.2) is 25.7 Å². The average Bonchev–Trinajstić information content (AvgIpc) is 2.64. The Hall–Kier alpha value is -2.64. The minimum Gasteiger partial charge on any atom is -0.481 e. The van der Waals surface area contributed by atoms with Gasteiger partial charge in [0, 0.05) is 16.3 Å². The molecule has 3 aromatic rings. The van der Waals surface area contributed by atoms with E-state index < -0.39 is 15.8 Å². The minimum absolute atomic E-state index is 0.103. The summed E-state index contributed by atoms with van der Waals surface area (Å²) >= 11 is 3.31. The number of ether oxygens (including phenoxy) is 1. The summed E-state index contributed by atoms with van der Waals surface area (Å²) in [4.78, 5) is 10.8. The van der Waals surface area contributed by atoms with E-state index in [1.165, 1.54) is 0 Å². The van der Waals surface area contributed by atoms with Crippen molar-refractivity contribution in [3.05, 3.63) is 94.5 Å². The molecule has 0 atom stereocenters. The van der Waals surface area contributed by atoms with Gasteiger partial charge in [-0.2, -0.15) is 0 Å². The van der Waals surface area contributed by atoms with Crippen LogP contribution in [0.15, 0.2) is 83.3 Å². The number of carbonyl (C=O) groups is 1. The maximum absolute atomic E-state index is 11.6. The van der Waals surface area contributed by atoms with Crippen molar-refractivity contribution in [2.75, 3.05) is 6.26 Å². The second-order valence-corrected chi connectivity index (χ2v) is 9.35. The number of sulfone groups is 1. The Bertz CT molecular complexity index is 1020. The summed E-state index contributed by atoms with van der Waals surface area (Å²) in [6.45, 7) is 0. The Morgan fingerprint density at radius 3 is 2.14 bits per heavy atom. The highest BCUT2D eigenvalue weighted by Gasteiger charge is 2.12. The van der Waals surface area contributed by atoms with Gasteiger partial charge in [-0.15, -0.1) is 0 Å². The molecule has 3 rings (SSSR count). The van der Waals surface area contributed by atoms with Gasteiger partial charge < -0.3 is 9.84 Å². The van der Waals surface area contributed by atoms with Crippen LogP contribution in [0.5, 0.6) is 11.5 Å². The first-order chi connectivity index (χ1) is 13.7. The summed E-state index contributed by atoms with van der Waals surface area (Å²) < 4.78 is 29.6. The van der Waals surface area contributed by atoms with E-state index in [0.717, 1.165) is 10.7 Å². The third-order valence-corrected chi connectivity index (χ3v) is 4.92. The van der Waals surface area contributed by atoms with E-state index in [0.29, 0.717) is 22.6 Å². The molecule has 0 aromatic heterocycles. The van der Waals surface area contributed by atoms with Crippen LogP contribution in [0.3, 0.4) is 0 Å². The Morgan fingerprint density at radius 2 is 1.59 bits per heavy atom. The van der Waals surface area contributed by atoms with Crippen molar-refractivity contribution in [3.8, 4) is 11.5 Å². The van der Waals surface area contributed by atoms with Crippen molar-refractivity contribution >= 4 is 31.7 Å². The lowest BCUT2D eigenvalue weighted by molar-refractivity contribution is -0.136. The predicted octanol–water partition coefficient (Wildman–Crippen LogP) is 5.10. The molecule has 7 heteroatoms. The molecule has 5 nitrogen and oxygen atoms in total. The van der Waals surface area contributed by atoms with Crippen LogP contribution in [-0.2, 0) is 26.8 Å². The fraction of sp³-hybridized carbons (Fsp3) is 0.136. The molecule has 0 aliphatic rings. The van der Waals surface area contributed by atoms with Gasteiger partial charge >= 0.3 is 5.97 Å². The van der Waals surface area contributed by atoms with Crippen molar-refractivity contribution in [1.82, 2.24) is 0 Å². The third-order valence-electron chi connectivity index (χ3n) is 3.59. The molecule has 0 aliphatic carbocycles. The SMILES string of the molecule is CS(=O)(=O)Cc1cc(Br)ccc1Oc1cccc(CC(=O)O)c1.c1ccccc1. The summed E-state index contributed by atoms with van der Waals surface area (Å²) in [6, 6.07) is 23.8. The van der Waals surface area contributed by atoms with Crippen LogP contribution < -0.4 is 4.74 Å². The standard InChI is InChI=1S/C16H15BrO5S.C6H6/c1-23(20,21)10-12-9-13(17)5-6-15(12)22-14-4-2-3-11(7-14)8-16(18)19;1-2-4-6-5-3-1/h2-7,9H,8,10H2,1H3,(H,18,19);1-6H. The van der Waals surface area contributed by atoms with E-state index >= 15 is 0 Å². The number of hydrogen-bond acceptors (Lipinski definition) is 4. The summed E-state index contributed by atoms with van der Waals surface area (Å²) in [6.07, 6.45) is 1.05. The first kappa shape index (κ1) is 22.6. The van der Waals surface area contributed by atoms with E-state index in [9.17, 15) is 13.2 Å². The lowest BCUT2D eigenvalue weighted by Crippen LogP contribution is -2.03. The zero-order chi connectivity index (χ0) is 21.3. The molecule has 0 fully saturated rings. The number of benzene rings is 3. The van der Waals surface area contributed by atoms with Crippen LogP contribution in [0.2, 0.25) is 0 Å². The third kappa shape index (κ3) is 8.93. The van der Waals surface area contributed by atoms with Gasteiger partial charge in [0.1, 0.15) is 11.5 Å². The van der Waals surface area contributed by atoms with Gasteiger partial charge in [-0.25, -0.2) is 8.42 Å². The summed E-state index contributed by atoms with van der Waals surface area (Å²) in [7, 11) is -3.21. The van der Waals surface area contributed by atoms with E-state index in [2.05, 4.69) is 15.9 Å². The molecular formula is C22H21BrO5S. The van der Waals surface area contributed by atoms with Crippen LogP contribution in [0.25, 0.3) is 0 Å². The fourth-order valence-electron chi connectivity index (χ4n) is 2.45. The van der Waals surface area contributed by atoms with E-state index in [-0.39, 0.29) is 12.2 Å². The largest absolute Gasteiger partial charge is 0.481 e. The molecule has 0 unspecified atom stereocenters. The molecule has 29 heavy (non-hydrogen) atoms. The number of aliphatic carboxylic acids is 1. The number of halogens is 1. The number of carboxylic acids is 1. The van der Waals surface area contributed by atoms with E-state index in [1.807, 2.05) is 36.4 Å². The van der Waals surface area contributed by atoms with Gasteiger partial charge in [-0.3, -0.25) is 4.79 Å². The minimum atomic E-state index is -3.21. The molecule has 3 aromatic carbocycles. The summed E-state index contributed by atoms with van der Waals surface area (Å²) in [5.41, 5.74) is 1.14. The van der Waals surface area contributed by atoms with Crippen molar-refractivity contribution in [2.24, 2.45) is 0 Å². The Morgan fingerprint density at radius 1 is 0.966 bits per heavy atom. The molecule has 0 radical (unpaired) electrons. The smallest absolute Gasteiger partial charge is 0.307 e. The van der Waals surface area contributed by atoms with Crippen molar-refractivity contribution in [3.63, 3.8) is 0 Å². The zero-order valence-electron chi connectivity index (χ0n) is 15.8. The highest BCUT2D eigenvalue weighted by molar-refractivity contribution is 9.10. The van der Waals surface area contributed by atoms with Crippen LogP contribution in [0.4, 0.5) is 0 Å². The molecular weight excluding hydrogens is 456 g/mol. The van der Waals surface area contributed by atoms with Crippen LogP contribution >= 0.6 is 15.9 Å². The molecule has 152 valence electrons. The van der Waals surface area contributed by atoms with E-state index in [1.54, 1.807) is 42.5 Å². The van der Waals surface area contributed by atoms with Gasteiger partial charge in [-0.05, 0) is 35.9 Å². The number of carboxylic acid groups (broad SMARTS) is 1. The Balaban J connectivity index is 0.000000426. The quantitative estimate of drug-likeness (QED) is 0.535. The van der Waals surface area contributed by atoms with Gasteiger partial charge in [0.05, 0.1) is 12.2 Å². The van der Waals surface area contributed by atoms with Crippen LogP contribution in [0.1, 0.15) is 11.1 Å². The molecule has 0 saturated carbocycles. The number of hydrogen-bond donors (Lipinski definition) is 1. The zero-order valence-corrected chi connectivity index (χ0v) is 18.2. The highest BCUT2D eigenvalue weighted by Crippen LogP contribution is 2.30. The van der Waals surface area contributed by atoms with Gasteiger partial charge in [0.2, 0.25) is 0 Å². The summed E-state index contributed by atoms with van der Waals surface area (Å²) in [5.74, 6) is -0.188. The molecule has 0 spiro atoms. The molecule has 1 N–H and O–H groups in total.